The molecule has 0 bridgehead atoms. The molecule has 0 aliphatic heterocycles. The molecule has 156 valence electrons. The van der Waals surface area contributed by atoms with Gasteiger partial charge < -0.3 is 21.1 Å². The molecular weight excluding hydrogens is 354 g/mol. The summed E-state index contributed by atoms with van der Waals surface area (Å²) in [5.74, 6) is 0.0712. The molecule has 0 aromatic heterocycles. The van der Waals surface area contributed by atoms with Gasteiger partial charge in [-0.3, -0.25) is 9.59 Å². The molecule has 0 aliphatic rings. The van der Waals surface area contributed by atoms with Gasteiger partial charge in [-0.1, -0.05) is 26.3 Å². The number of amides is 1. The van der Waals surface area contributed by atoms with Crippen LogP contribution >= 0.6 is 0 Å². The van der Waals surface area contributed by atoms with Crippen molar-refractivity contribution in [2.24, 2.45) is 5.73 Å². The fourth-order valence-corrected chi connectivity index (χ4v) is 2.80. The molecule has 6 nitrogen and oxygen atoms in total. The highest BCUT2D eigenvalue weighted by atomic mass is 16.5. The Labute approximate surface area is 168 Å². The predicted octanol–water partition coefficient (Wildman–Crippen LogP) is 3.67. The molecule has 4 N–H and O–H groups in total. The van der Waals surface area contributed by atoms with Crippen LogP contribution in [0.5, 0.6) is 5.75 Å². The molecule has 1 rings (SSSR count). The van der Waals surface area contributed by atoms with Gasteiger partial charge in [0.05, 0.1) is 18.2 Å². The highest BCUT2D eigenvalue weighted by molar-refractivity contribution is 6.04. The van der Waals surface area contributed by atoms with Crippen LogP contribution in [0.2, 0.25) is 0 Å². The maximum atomic E-state index is 13.0. The summed E-state index contributed by atoms with van der Waals surface area (Å²) in [6.45, 7) is 8.64. The lowest BCUT2D eigenvalue weighted by atomic mass is 10.0. The fourth-order valence-electron chi connectivity index (χ4n) is 2.80. The van der Waals surface area contributed by atoms with E-state index in [0.717, 1.165) is 37.8 Å². The average Bonchev–Trinajstić information content (AvgIpc) is 2.70. The topological polar surface area (TPSA) is 93.5 Å². The van der Waals surface area contributed by atoms with Crippen LogP contribution in [0.1, 0.15) is 62.7 Å². The summed E-state index contributed by atoms with van der Waals surface area (Å²) in [4.78, 5) is 25.4. The Balaban J connectivity index is 2.94. The molecule has 1 aromatic rings. The normalized spacial score (nSPS) is 11.6. The first-order valence-corrected chi connectivity index (χ1v) is 10.1. The monoisotopic (exact) mass is 389 g/mol. The third-order valence-corrected chi connectivity index (χ3v) is 4.51. The van der Waals surface area contributed by atoms with E-state index < -0.39 is 6.04 Å². The Bertz CT molecular complexity index is 658. The van der Waals surface area contributed by atoms with Crippen LogP contribution in [0, 0.1) is 0 Å². The highest BCUT2D eigenvalue weighted by Gasteiger charge is 2.23. The van der Waals surface area contributed by atoms with Crippen LogP contribution in [0.15, 0.2) is 30.4 Å². The number of unbranched alkanes of at least 4 members (excludes halogenated alkanes) is 3. The number of anilines is 1. The van der Waals surface area contributed by atoms with Gasteiger partial charge in [0.2, 0.25) is 0 Å². The van der Waals surface area contributed by atoms with Crippen LogP contribution in [-0.4, -0.2) is 37.9 Å². The number of nitrogens with one attached hydrogen (secondary N) is 2. The summed E-state index contributed by atoms with van der Waals surface area (Å²) in [6.07, 6.45) is 5.21. The van der Waals surface area contributed by atoms with Crippen LogP contribution in [-0.2, 0) is 4.79 Å². The third-order valence-electron chi connectivity index (χ3n) is 4.51. The van der Waals surface area contributed by atoms with Gasteiger partial charge in [0.15, 0.2) is 5.78 Å². The van der Waals surface area contributed by atoms with Crippen LogP contribution < -0.4 is 21.1 Å². The number of rotatable bonds is 14. The Morgan fingerprint density at radius 2 is 1.96 bits per heavy atom. The van der Waals surface area contributed by atoms with E-state index >= 15 is 0 Å². The lowest BCUT2D eigenvalue weighted by molar-refractivity contribution is -0.117. The highest BCUT2D eigenvalue weighted by Crippen LogP contribution is 2.24. The number of Topliss-reactive ketones (excluding diaryl/α,β-unsaturated/α-hetero) is 1. The van der Waals surface area contributed by atoms with E-state index in [4.69, 9.17) is 10.5 Å². The summed E-state index contributed by atoms with van der Waals surface area (Å²) in [5.41, 5.74) is 7.18. The van der Waals surface area contributed by atoms with Crippen molar-refractivity contribution in [2.45, 2.75) is 58.4 Å². The van der Waals surface area contributed by atoms with Gasteiger partial charge in [-0.2, -0.15) is 0 Å². The van der Waals surface area contributed by atoms with E-state index in [1.165, 1.54) is 0 Å². The Hall–Kier alpha value is -2.34. The number of carbonyl (C=O) groups is 2. The molecule has 0 unspecified atom stereocenters. The molecule has 0 fully saturated rings. The molecule has 0 saturated carbocycles. The first-order valence-electron chi connectivity index (χ1n) is 10.1. The summed E-state index contributed by atoms with van der Waals surface area (Å²) >= 11 is 0. The second kappa shape index (κ2) is 12.9. The minimum atomic E-state index is -0.569. The zero-order chi connectivity index (χ0) is 20.9. The number of hydrogen-bond donors (Lipinski definition) is 3. The molecule has 1 atom stereocenters. The third kappa shape index (κ3) is 7.72. The van der Waals surface area contributed by atoms with Crippen molar-refractivity contribution >= 4 is 17.4 Å². The van der Waals surface area contributed by atoms with Crippen molar-refractivity contribution < 1.29 is 14.3 Å². The fraction of sp³-hybridized carbons (Fsp3) is 0.545. The summed E-state index contributed by atoms with van der Waals surface area (Å²) < 4.78 is 5.84. The molecule has 1 amide bonds. The maximum absolute atomic E-state index is 13.0. The number of hydrogen-bond acceptors (Lipinski definition) is 5. The Kier molecular flexibility index (Phi) is 11.0. The largest absolute Gasteiger partial charge is 0.493 e. The number of ketones is 1. The van der Waals surface area contributed by atoms with E-state index in [1.807, 2.05) is 6.07 Å². The smallest absolute Gasteiger partial charge is 0.255 e. The standard InChI is InChI=1S/C22H35N3O3/c1-5-6-10-19(21(26)16(2)3)25-22(27)18-15-17(24-4)11-12-20(18)28-14-9-7-8-13-23/h11-12,15,19,24H,2,5-10,13-14,23H2,1,3-4H3,(H,25,27)/t19-/m0/s1. The number of nitrogens with two attached hydrogens (primary N) is 1. The van der Waals surface area contributed by atoms with Gasteiger partial charge in [-0.15, -0.1) is 0 Å². The maximum Gasteiger partial charge on any atom is 0.255 e. The van der Waals surface area contributed by atoms with Gasteiger partial charge in [-0.05, 0) is 62.9 Å². The van der Waals surface area contributed by atoms with Crippen molar-refractivity contribution in [2.75, 3.05) is 25.5 Å². The number of ether oxygens (including phenoxy) is 1. The first kappa shape index (κ1) is 23.7. The van der Waals surface area contributed by atoms with E-state index in [9.17, 15) is 9.59 Å². The summed E-state index contributed by atoms with van der Waals surface area (Å²) in [5, 5.41) is 5.91. The van der Waals surface area contributed by atoms with Crippen molar-refractivity contribution in [1.82, 2.24) is 5.32 Å². The van der Waals surface area contributed by atoms with Gasteiger partial charge in [-0.25, -0.2) is 0 Å². The molecule has 0 saturated heterocycles. The molecule has 0 radical (unpaired) electrons. The minimum absolute atomic E-state index is 0.129. The summed E-state index contributed by atoms with van der Waals surface area (Å²) in [7, 11) is 1.79. The van der Waals surface area contributed by atoms with E-state index in [2.05, 4.69) is 24.1 Å². The van der Waals surface area contributed by atoms with E-state index in [1.54, 1.807) is 26.1 Å². The van der Waals surface area contributed by atoms with E-state index in [-0.39, 0.29) is 11.7 Å². The molecule has 0 aliphatic carbocycles. The number of benzene rings is 1. The van der Waals surface area contributed by atoms with E-state index in [0.29, 0.717) is 36.5 Å². The van der Waals surface area contributed by atoms with Gasteiger partial charge in [0, 0.05) is 12.7 Å². The van der Waals surface area contributed by atoms with Crippen LogP contribution in [0.4, 0.5) is 5.69 Å². The summed E-state index contributed by atoms with van der Waals surface area (Å²) in [6, 6.07) is 4.82. The zero-order valence-corrected chi connectivity index (χ0v) is 17.5. The van der Waals surface area contributed by atoms with Crippen molar-refractivity contribution in [3.8, 4) is 5.75 Å². The quantitative estimate of drug-likeness (QED) is 0.333. The SMILES string of the molecule is C=C(C)C(=O)[C@H](CCCC)NC(=O)c1cc(NC)ccc1OCCCCCN. The van der Waals surface area contributed by atoms with Crippen molar-refractivity contribution in [1.29, 1.82) is 0 Å². The van der Waals surface area contributed by atoms with Crippen LogP contribution in [0.3, 0.4) is 0 Å². The zero-order valence-electron chi connectivity index (χ0n) is 17.5. The molecule has 0 spiro atoms. The average molecular weight is 390 g/mol. The van der Waals surface area contributed by atoms with Gasteiger partial charge >= 0.3 is 0 Å². The second-order valence-electron chi connectivity index (χ2n) is 6.97. The predicted molar refractivity (Wildman–Crippen MR) is 115 cm³/mol. The molecule has 6 heteroatoms. The van der Waals surface area contributed by atoms with Crippen molar-refractivity contribution in [3.05, 3.63) is 35.9 Å². The molecular formula is C22H35N3O3. The first-order chi connectivity index (χ1) is 13.4. The second-order valence-corrected chi connectivity index (χ2v) is 6.97. The number of carbonyl (C=O) groups excluding carboxylic acids is 2. The van der Waals surface area contributed by atoms with Gasteiger partial charge in [0.25, 0.3) is 5.91 Å². The van der Waals surface area contributed by atoms with Crippen LogP contribution in [0.25, 0.3) is 0 Å². The molecule has 1 aromatic carbocycles. The Morgan fingerprint density at radius 3 is 2.57 bits per heavy atom. The Morgan fingerprint density at radius 1 is 1.21 bits per heavy atom. The lowest BCUT2D eigenvalue weighted by Crippen LogP contribution is -2.41. The molecule has 28 heavy (non-hydrogen) atoms. The van der Waals surface area contributed by atoms with Crippen molar-refractivity contribution in [3.63, 3.8) is 0 Å². The minimum Gasteiger partial charge on any atom is -0.493 e. The molecule has 0 heterocycles. The van der Waals surface area contributed by atoms with Gasteiger partial charge in [0.1, 0.15) is 5.75 Å². The lowest BCUT2D eigenvalue weighted by Gasteiger charge is -2.19.